The van der Waals surface area contributed by atoms with Gasteiger partial charge in [-0.2, -0.15) is 11.3 Å². The molecule has 3 heteroatoms. The fourth-order valence-corrected chi connectivity index (χ4v) is 2.15. The maximum Gasteiger partial charge on any atom is 0.0587 e. The smallest absolute Gasteiger partial charge is 0.0587 e. The van der Waals surface area contributed by atoms with Gasteiger partial charge in [-0.15, -0.1) is 0 Å². The Morgan fingerprint density at radius 1 is 1.43 bits per heavy atom. The molecule has 2 unspecified atom stereocenters. The number of nitrogens with one attached hydrogen (secondary N) is 1. The van der Waals surface area contributed by atoms with Gasteiger partial charge in [0, 0.05) is 12.1 Å². The third kappa shape index (κ3) is 3.08. The van der Waals surface area contributed by atoms with Crippen LogP contribution in [0.3, 0.4) is 0 Å². The first-order valence-corrected chi connectivity index (χ1v) is 5.98. The van der Waals surface area contributed by atoms with E-state index in [0.717, 1.165) is 0 Å². The van der Waals surface area contributed by atoms with Crippen molar-refractivity contribution in [1.82, 2.24) is 5.32 Å². The molecule has 0 saturated carbocycles. The highest BCUT2D eigenvalue weighted by atomic mass is 32.1. The summed E-state index contributed by atoms with van der Waals surface area (Å²) >= 11 is 1.71. The molecule has 1 rings (SSSR count). The van der Waals surface area contributed by atoms with Gasteiger partial charge < -0.3 is 10.4 Å². The summed E-state index contributed by atoms with van der Waals surface area (Å²) in [5, 5.41) is 16.8. The molecule has 0 aliphatic heterocycles. The van der Waals surface area contributed by atoms with Crippen molar-refractivity contribution < 1.29 is 5.11 Å². The molecule has 0 fully saturated rings. The lowest BCUT2D eigenvalue weighted by atomic mass is 10.0. The van der Waals surface area contributed by atoms with Crippen molar-refractivity contribution in [3.63, 3.8) is 0 Å². The Morgan fingerprint density at radius 2 is 2.14 bits per heavy atom. The SMILES string of the molecule is CC(NC(CO)C(C)C)c1ccsc1. The largest absolute Gasteiger partial charge is 0.395 e. The second-order valence-corrected chi connectivity index (χ2v) is 4.76. The first kappa shape index (κ1) is 11.7. The minimum Gasteiger partial charge on any atom is -0.395 e. The van der Waals surface area contributed by atoms with Crippen molar-refractivity contribution in [2.24, 2.45) is 5.92 Å². The van der Waals surface area contributed by atoms with E-state index in [-0.39, 0.29) is 12.6 Å². The van der Waals surface area contributed by atoms with Crippen LogP contribution in [0.5, 0.6) is 0 Å². The highest BCUT2D eigenvalue weighted by Crippen LogP contribution is 2.17. The van der Waals surface area contributed by atoms with Gasteiger partial charge in [0.25, 0.3) is 0 Å². The molecule has 0 radical (unpaired) electrons. The normalized spacial score (nSPS) is 15.8. The zero-order chi connectivity index (χ0) is 10.6. The molecule has 2 atom stereocenters. The van der Waals surface area contributed by atoms with Crippen LogP contribution in [0.4, 0.5) is 0 Å². The Labute approximate surface area is 90.0 Å². The van der Waals surface area contributed by atoms with E-state index in [4.69, 9.17) is 0 Å². The fourth-order valence-electron chi connectivity index (χ4n) is 1.39. The second-order valence-electron chi connectivity index (χ2n) is 3.98. The van der Waals surface area contributed by atoms with Crippen LogP contribution < -0.4 is 5.32 Å². The third-order valence-electron chi connectivity index (χ3n) is 2.51. The number of aliphatic hydroxyl groups is 1. The van der Waals surface area contributed by atoms with Crippen molar-refractivity contribution >= 4 is 11.3 Å². The minimum absolute atomic E-state index is 0.185. The van der Waals surface area contributed by atoms with E-state index >= 15 is 0 Å². The van der Waals surface area contributed by atoms with Gasteiger partial charge in [0.15, 0.2) is 0 Å². The van der Waals surface area contributed by atoms with Gasteiger partial charge in [0.1, 0.15) is 0 Å². The summed E-state index contributed by atoms with van der Waals surface area (Å²) in [5.74, 6) is 0.459. The van der Waals surface area contributed by atoms with E-state index in [1.54, 1.807) is 11.3 Å². The summed E-state index contributed by atoms with van der Waals surface area (Å²) in [7, 11) is 0. The lowest BCUT2D eigenvalue weighted by molar-refractivity contribution is 0.201. The Balaban J connectivity index is 2.51. The summed E-state index contributed by atoms with van der Waals surface area (Å²) in [6.07, 6.45) is 0. The highest BCUT2D eigenvalue weighted by Gasteiger charge is 2.15. The van der Waals surface area contributed by atoms with Crippen LogP contribution >= 0.6 is 11.3 Å². The molecule has 0 aliphatic rings. The molecule has 80 valence electrons. The van der Waals surface area contributed by atoms with Gasteiger partial charge >= 0.3 is 0 Å². The summed E-state index contributed by atoms with van der Waals surface area (Å²) < 4.78 is 0. The van der Waals surface area contributed by atoms with Crippen LogP contribution in [-0.4, -0.2) is 17.8 Å². The van der Waals surface area contributed by atoms with E-state index in [2.05, 4.69) is 42.9 Å². The number of hydrogen-bond acceptors (Lipinski definition) is 3. The predicted molar refractivity (Wildman–Crippen MR) is 61.6 cm³/mol. The molecule has 1 heterocycles. The molecule has 0 saturated heterocycles. The van der Waals surface area contributed by atoms with Gasteiger partial charge in [-0.05, 0) is 35.2 Å². The van der Waals surface area contributed by atoms with E-state index in [9.17, 15) is 5.11 Å². The Bertz CT molecular complexity index is 246. The summed E-state index contributed by atoms with van der Waals surface area (Å²) in [4.78, 5) is 0. The molecule has 0 spiro atoms. The van der Waals surface area contributed by atoms with Gasteiger partial charge in [-0.1, -0.05) is 13.8 Å². The Kier molecular flexibility index (Phi) is 4.58. The van der Waals surface area contributed by atoms with Crippen LogP contribution in [0.15, 0.2) is 16.8 Å². The molecule has 14 heavy (non-hydrogen) atoms. The van der Waals surface area contributed by atoms with E-state index in [0.29, 0.717) is 12.0 Å². The maximum atomic E-state index is 9.18. The van der Waals surface area contributed by atoms with Gasteiger partial charge in [0.2, 0.25) is 0 Å². The quantitative estimate of drug-likeness (QED) is 0.787. The van der Waals surface area contributed by atoms with Crippen LogP contribution in [0.1, 0.15) is 32.4 Å². The van der Waals surface area contributed by atoms with Crippen LogP contribution in [0.25, 0.3) is 0 Å². The second kappa shape index (κ2) is 5.49. The molecule has 0 aromatic carbocycles. The van der Waals surface area contributed by atoms with Crippen molar-refractivity contribution in [3.8, 4) is 0 Å². The van der Waals surface area contributed by atoms with Crippen LogP contribution in [-0.2, 0) is 0 Å². The maximum absolute atomic E-state index is 9.18. The summed E-state index contributed by atoms with van der Waals surface area (Å²) in [5.41, 5.74) is 1.30. The average molecular weight is 213 g/mol. The minimum atomic E-state index is 0.185. The summed E-state index contributed by atoms with van der Waals surface area (Å²) in [6.45, 7) is 6.57. The highest BCUT2D eigenvalue weighted by molar-refractivity contribution is 7.07. The number of aliphatic hydroxyl groups excluding tert-OH is 1. The topological polar surface area (TPSA) is 32.3 Å². The van der Waals surface area contributed by atoms with Crippen molar-refractivity contribution in [3.05, 3.63) is 22.4 Å². The average Bonchev–Trinajstić information content (AvgIpc) is 2.65. The van der Waals surface area contributed by atoms with Gasteiger partial charge in [-0.25, -0.2) is 0 Å². The molecule has 2 N–H and O–H groups in total. The predicted octanol–water partition coefficient (Wildman–Crippen LogP) is 2.42. The third-order valence-corrected chi connectivity index (χ3v) is 3.21. The molecule has 1 aromatic heterocycles. The first-order valence-electron chi connectivity index (χ1n) is 5.04. The number of thiophene rings is 1. The molecule has 0 amide bonds. The number of rotatable bonds is 5. The van der Waals surface area contributed by atoms with Crippen molar-refractivity contribution in [1.29, 1.82) is 0 Å². The molecular weight excluding hydrogens is 194 g/mol. The lowest BCUT2D eigenvalue weighted by Crippen LogP contribution is -2.38. The lowest BCUT2D eigenvalue weighted by Gasteiger charge is -2.24. The molecule has 0 bridgehead atoms. The van der Waals surface area contributed by atoms with Crippen molar-refractivity contribution in [2.75, 3.05) is 6.61 Å². The standard InChI is InChI=1S/C11H19NOS/c1-8(2)11(6-13)12-9(3)10-4-5-14-7-10/h4-5,7-9,11-13H,6H2,1-3H3. The van der Waals surface area contributed by atoms with Gasteiger partial charge in [-0.3, -0.25) is 0 Å². The van der Waals surface area contributed by atoms with Crippen molar-refractivity contribution in [2.45, 2.75) is 32.9 Å². The summed E-state index contributed by atoms with van der Waals surface area (Å²) in [6, 6.07) is 2.63. The Hall–Kier alpha value is -0.380. The van der Waals surface area contributed by atoms with E-state index < -0.39 is 0 Å². The zero-order valence-electron chi connectivity index (χ0n) is 9.03. The van der Waals surface area contributed by atoms with Crippen LogP contribution in [0.2, 0.25) is 0 Å². The molecular formula is C11H19NOS. The first-order chi connectivity index (χ1) is 6.65. The van der Waals surface area contributed by atoms with E-state index in [1.165, 1.54) is 5.56 Å². The molecule has 1 aromatic rings. The van der Waals surface area contributed by atoms with E-state index in [1.807, 2.05) is 0 Å². The number of hydrogen-bond donors (Lipinski definition) is 2. The monoisotopic (exact) mass is 213 g/mol. The van der Waals surface area contributed by atoms with Gasteiger partial charge in [0.05, 0.1) is 6.61 Å². The molecule has 2 nitrogen and oxygen atoms in total. The zero-order valence-corrected chi connectivity index (χ0v) is 9.84. The fraction of sp³-hybridized carbons (Fsp3) is 0.636. The molecule has 0 aliphatic carbocycles. The van der Waals surface area contributed by atoms with Crippen LogP contribution in [0, 0.1) is 5.92 Å². The Morgan fingerprint density at radius 3 is 2.57 bits per heavy atom.